The van der Waals surface area contributed by atoms with E-state index in [2.05, 4.69) is 15.6 Å². The number of nitrogens with two attached hydrogens (primary N) is 1. The fourth-order valence-corrected chi connectivity index (χ4v) is 5.05. The molecule has 3 rings (SSSR count). The fraction of sp³-hybridized carbons (Fsp3) is 0.0909. The molecule has 0 spiro atoms. The SMILES string of the molecule is N=C(N)Nc1cccc(C(=O)Nc2ccccc2S(=O)(=O)C(CC(=O)O)c2cccnc2)c1. The maximum Gasteiger partial charge on any atom is 0.305 e. The van der Waals surface area contributed by atoms with Crippen molar-refractivity contribution in [3.05, 3.63) is 84.2 Å². The van der Waals surface area contributed by atoms with Gasteiger partial charge in [0, 0.05) is 23.6 Å². The molecule has 2 aromatic carbocycles. The molecule has 0 saturated heterocycles. The molecule has 0 fully saturated rings. The highest BCUT2D eigenvalue weighted by Crippen LogP contribution is 2.35. The van der Waals surface area contributed by atoms with Gasteiger partial charge in [0.05, 0.1) is 17.0 Å². The average Bonchev–Trinajstić information content (AvgIpc) is 2.78. The van der Waals surface area contributed by atoms with Crippen molar-refractivity contribution < 1.29 is 23.1 Å². The van der Waals surface area contributed by atoms with Crippen molar-refractivity contribution in [3.8, 4) is 0 Å². The number of nitrogens with one attached hydrogen (secondary N) is 3. The van der Waals surface area contributed by atoms with E-state index in [-0.39, 0.29) is 27.7 Å². The van der Waals surface area contributed by atoms with E-state index >= 15 is 0 Å². The van der Waals surface area contributed by atoms with Crippen LogP contribution in [0.1, 0.15) is 27.6 Å². The van der Waals surface area contributed by atoms with Gasteiger partial charge in [-0.15, -0.1) is 0 Å². The highest BCUT2D eigenvalue weighted by atomic mass is 32.2. The summed E-state index contributed by atoms with van der Waals surface area (Å²) >= 11 is 0. The van der Waals surface area contributed by atoms with Gasteiger partial charge < -0.3 is 21.5 Å². The Morgan fingerprint density at radius 1 is 1.06 bits per heavy atom. The van der Waals surface area contributed by atoms with Crippen LogP contribution in [0, 0.1) is 5.41 Å². The third kappa shape index (κ3) is 5.71. The molecule has 0 aliphatic heterocycles. The normalized spacial score (nSPS) is 11.9. The number of rotatable bonds is 8. The van der Waals surface area contributed by atoms with Crippen molar-refractivity contribution in [1.29, 1.82) is 5.41 Å². The molecule has 0 aliphatic carbocycles. The minimum absolute atomic E-state index is 0.00621. The first-order valence-electron chi connectivity index (χ1n) is 9.65. The van der Waals surface area contributed by atoms with Crippen LogP contribution in [0.3, 0.4) is 0 Å². The number of nitrogens with zero attached hydrogens (tertiary/aromatic N) is 1. The van der Waals surface area contributed by atoms with E-state index in [1.54, 1.807) is 18.2 Å². The summed E-state index contributed by atoms with van der Waals surface area (Å²) in [5.41, 5.74) is 6.15. The lowest BCUT2D eigenvalue weighted by Gasteiger charge is -2.19. The third-order valence-electron chi connectivity index (χ3n) is 4.64. The van der Waals surface area contributed by atoms with Crippen LogP contribution in [0.4, 0.5) is 11.4 Å². The van der Waals surface area contributed by atoms with E-state index < -0.39 is 33.4 Å². The Kier molecular flexibility index (Phi) is 7.04. The summed E-state index contributed by atoms with van der Waals surface area (Å²) in [6.07, 6.45) is 2.09. The van der Waals surface area contributed by atoms with E-state index in [1.807, 2.05) is 0 Å². The molecule has 1 aromatic heterocycles. The van der Waals surface area contributed by atoms with Gasteiger partial charge in [-0.05, 0) is 42.0 Å². The van der Waals surface area contributed by atoms with Gasteiger partial charge in [0.15, 0.2) is 15.8 Å². The Hall–Kier alpha value is -4.25. The zero-order chi connectivity index (χ0) is 24.0. The van der Waals surface area contributed by atoms with E-state index in [9.17, 15) is 23.1 Å². The zero-order valence-electron chi connectivity index (χ0n) is 17.2. The van der Waals surface area contributed by atoms with Gasteiger partial charge in [-0.3, -0.25) is 20.0 Å². The van der Waals surface area contributed by atoms with Crippen molar-refractivity contribution in [3.63, 3.8) is 0 Å². The second kappa shape index (κ2) is 9.92. The number of pyridine rings is 1. The molecule has 33 heavy (non-hydrogen) atoms. The number of hydrogen-bond acceptors (Lipinski definition) is 6. The molecular weight excluding hydrogens is 446 g/mol. The molecule has 11 heteroatoms. The van der Waals surface area contributed by atoms with E-state index in [0.717, 1.165) is 0 Å². The molecule has 1 unspecified atom stereocenters. The first-order chi connectivity index (χ1) is 15.7. The minimum Gasteiger partial charge on any atom is -0.481 e. The second-order valence-corrected chi connectivity index (χ2v) is 9.09. The summed E-state index contributed by atoms with van der Waals surface area (Å²) in [4.78, 5) is 27.9. The first kappa shape index (κ1) is 23.4. The minimum atomic E-state index is -4.22. The summed E-state index contributed by atoms with van der Waals surface area (Å²) in [6.45, 7) is 0. The number of carboxylic acids is 1. The van der Waals surface area contributed by atoms with Crippen LogP contribution in [0.25, 0.3) is 0 Å². The molecule has 3 aromatic rings. The molecule has 1 heterocycles. The van der Waals surface area contributed by atoms with Gasteiger partial charge in [-0.2, -0.15) is 0 Å². The van der Waals surface area contributed by atoms with Crippen LogP contribution in [-0.2, 0) is 14.6 Å². The quantitative estimate of drug-likeness (QED) is 0.248. The summed E-state index contributed by atoms with van der Waals surface area (Å²) < 4.78 is 27.0. The van der Waals surface area contributed by atoms with Crippen LogP contribution in [0.5, 0.6) is 0 Å². The second-order valence-electron chi connectivity index (χ2n) is 6.99. The number of sulfone groups is 1. The number of guanidine groups is 1. The van der Waals surface area contributed by atoms with Crippen LogP contribution in [-0.4, -0.2) is 36.3 Å². The van der Waals surface area contributed by atoms with Crippen molar-refractivity contribution in [2.45, 2.75) is 16.6 Å². The molecule has 0 aliphatic rings. The van der Waals surface area contributed by atoms with Gasteiger partial charge in [-0.1, -0.05) is 24.3 Å². The summed E-state index contributed by atoms with van der Waals surface area (Å²) in [5, 5.41) is 20.4. The molecule has 1 amide bonds. The van der Waals surface area contributed by atoms with Crippen LogP contribution in [0.2, 0.25) is 0 Å². The predicted octanol–water partition coefficient (Wildman–Crippen LogP) is 2.63. The Labute approximate surface area is 189 Å². The standard InChI is InChI=1S/C22H21N5O5S/c23-22(24)26-16-7-3-5-14(11-16)21(30)27-17-8-1-2-9-18(17)33(31,32)19(12-20(28)29)15-6-4-10-25-13-15/h1-11,13,19H,12H2,(H,27,30)(H,28,29)(H4,23,24,26). The van der Waals surface area contributed by atoms with Gasteiger partial charge in [0.2, 0.25) is 0 Å². The topological polar surface area (TPSA) is 175 Å². The Bertz CT molecular complexity index is 1300. The summed E-state index contributed by atoms with van der Waals surface area (Å²) in [7, 11) is -4.22. The monoisotopic (exact) mass is 467 g/mol. The molecule has 170 valence electrons. The Balaban J connectivity index is 1.97. The number of anilines is 2. The van der Waals surface area contributed by atoms with E-state index in [1.165, 1.54) is 54.9 Å². The number of benzene rings is 2. The Morgan fingerprint density at radius 3 is 2.48 bits per heavy atom. The van der Waals surface area contributed by atoms with Gasteiger partial charge in [-0.25, -0.2) is 8.42 Å². The summed E-state index contributed by atoms with van der Waals surface area (Å²) in [5.74, 6) is -2.19. The molecule has 0 saturated carbocycles. The summed E-state index contributed by atoms with van der Waals surface area (Å²) in [6, 6.07) is 14.9. The maximum absolute atomic E-state index is 13.5. The van der Waals surface area contributed by atoms with E-state index in [4.69, 9.17) is 11.1 Å². The van der Waals surface area contributed by atoms with Crippen LogP contribution in [0.15, 0.2) is 78.0 Å². The first-order valence-corrected chi connectivity index (χ1v) is 11.2. The number of aromatic nitrogens is 1. The van der Waals surface area contributed by atoms with Gasteiger partial charge >= 0.3 is 5.97 Å². The fourth-order valence-electron chi connectivity index (χ4n) is 3.19. The highest BCUT2D eigenvalue weighted by Gasteiger charge is 2.33. The smallest absolute Gasteiger partial charge is 0.305 e. The van der Waals surface area contributed by atoms with Gasteiger partial charge in [0.25, 0.3) is 5.91 Å². The largest absolute Gasteiger partial charge is 0.481 e. The molecule has 0 radical (unpaired) electrons. The number of carboxylic acid groups (broad SMARTS) is 1. The number of aliphatic carboxylic acids is 1. The highest BCUT2D eigenvalue weighted by molar-refractivity contribution is 7.91. The molecule has 6 N–H and O–H groups in total. The zero-order valence-corrected chi connectivity index (χ0v) is 18.0. The molecule has 0 bridgehead atoms. The predicted molar refractivity (Wildman–Crippen MR) is 123 cm³/mol. The lowest BCUT2D eigenvalue weighted by Crippen LogP contribution is -2.21. The van der Waals surface area contributed by atoms with Crippen molar-refractivity contribution >= 4 is 39.0 Å². The van der Waals surface area contributed by atoms with Crippen molar-refractivity contribution in [1.82, 2.24) is 4.98 Å². The molecular formula is C22H21N5O5S. The van der Waals surface area contributed by atoms with Crippen molar-refractivity contribution in [2.24, 2.45) is 5.73 Å². The lowest BCUT2D eigenvalue weighted by atomic mass is 10.1. The average molecular weight is 468 g/mol. The van der Waals surface area contributed by atoms with Crippen LogP contribution < -0.4 is 16.4 Å². The number of carbonyl (C=O) groups is 2. The van der Waals surface area contributed by atoms with Crippen molar-refractivity contribution in [2.75, 3.05) is 10.6 Å². The maximum atomic E-state index is 13.5. The lowest BCUT2D eigenvalue weighted by molar-refractivity contribution is -0.137. The van der Waals surface area contributed by atoms with Crippen LogP contribution >= 0.6 is 0 Å². The Morgan fingerprint density at radius 2 is 1.82 bits per heavy atom. The van der Waals surface area contributed by atoms with Gasteiger partial charge in [0.1, 0.15) is 5.25 Å². The van der Waals surface area contributed by atoms with E-state index in [0.29, 0.717) is 5.69 Å². The number of para-hydroxylation sites is 1. The molecule has 1 atom stereocenters. The third-order valence-corrected chi connectivity index (χ3v) is 6.79. The number of amides is 1. The number of carbonyl (C=O) groups excluding carboxylic acids is 1. The molecule has 10 nitrogen and oxygen atoms in total. The number of hydrogen-bond donors (Lipinski definition) is 5.